The Hall–Kier alpha value is -1.38. The average molecular weight is 193 g/mol. The number of nitrogens with one attached hydrogen (secondary N) is 1. The lowest BCUT2D eigenvalue weighted by Crippen LogP contribution is -2.19. The second-order valence-corrected chi connectivity index (χ2v) is 3.90. The molecule has 0 aromatic heterocycles. The summed E-state index contributed by atoms with van der Waals surface area (Å²) in [7, 11) is 8.10. The highest BCUT2D eigenvalue weighted by atomic mass is 15.1. The van der Waals surface area contributed by atoms with E-state index in [0.717, 1.165) is 12.1 Å². The monoisotopic (exact) mass is 193 g/mol. The Bertz CT molecular complexity index is 272. The van der Waals surface area contributed by atoms with Crippen molar-refractivity contribution in [3.8, 4) is 0 Å². The first kappa shape index (κ1) is 10.7. The first-order valence-corrected chi connectivity index (χ1v) is 4.77. The van der Waals surface area contributed by atoms with Gasteiger partial charge in [0, 0.05) is 52.7 Å². The molecule has 0 amide bonds. The number of nitrogens with zero attached hydrogens (tertiary/aromatic N) is 2. The molecule has 0 unspecified atom stereocenters. The molecule has 0 atom stereocenters. The van der Waals surface area contributed by atoms with Gasteiger partial charge in [0.05, 0.1) is 5.70 Å². The highest BCUT2D eigenvalue weighted by Crippen LogP contribution is 2.10. The largest absolute Gasteiger partial charge is 0.382 e. The van der Waals surface area contributed by atoms with Crippen LogP contribution in [0.5, 0.6) is 0 Å². The summed E-state index contributed by atoms with van der Waals surface area (Å²) in [4.78, 5) is 4.08. The Morgan fingerprint density at radius 2 is 1.79 bits per heavy atom. The Kier molecular flexibility index (Phi) is 3.63. The van der Waals surface area contributed by atoms with Crippen LogP contribution < -0.4 is 5.32 Å². The summed E-state index contributed by atoms with van der Waals surface area (Å²) in [5, 5.41) is 3.37. The molecular weight excluding hydrogens is 174 g/mol. The second kappa shape index (κ2) is 4.74. The highest BCUT2D eigenvalue weighted by molar-refractivity contribution is 5.27. The molecule has 1 aliphatic rings. The van der Waals surface area contributed by atoms with Gasteiger partial charge in [0.2, 0.25) is 0 Å². The van der Waals surface area contributed by atoms with Gasteiger partial charge >= 0.3 is 0 Å². The van der Waals surface area contributed by atoms with Crippen LogP contribution in [0.2, 0.25) is 0 Å². The molecule has 0 aromatic carbocycles. The van der Waals surface area contributed by atoms with Gasteiger partial charge in [-0.2, -0.15) is 0 Å². The van der Waals surface area contributed by atoms with E-state index in [-0.39, 0.29) is 0 Å². The molecule has 0 saturated carbocycles. The quantitative estimate of drug-likeness (QED) is 0.714. The smallest absolute Gasteiger partial charge is 0.0540 e. The van der Waals surface area contributed by atoms with Gasteiger partial charge < -0.3 is 15.1 Å². The van der Waals surface area contributed by atoms with Crippen LogP contribution in [0.3, 0.4) is 0 Å². The Balaban J connectivity index is 2.70. The summed E-state index contributed by atoms with van der Waals surface area (Å²) in [6, 6.07) is 0. The van der Waals surface area contributed by atoms with E-state index >= 15 is 0 Å². The lowest BCUT2D eigenvalue weighted by molar-refractivity contribution is 0.543. The average Bonchev–Trinajstić information content (AvgIpc) is 2.01. The zero-order valence-electron chi connectivity index (χ0n) is 9.41. The van der Waals surface area contributed by atoms with Crippen molar-refractivity contribution in [1.82, 2.24) is 15.1 Å². The van der Waals surface area contributed by atoms with Crippen LogP contribution in [0.25, 0.3) is 0 Å². The predicted octanol–water partition coefficient (Wildman–Crippen LogP) is 1.34. The molecule has 0 aromatic rings. The molecule has 0 bridgehead atoms. The molecule has 1 N–H and O–H groups in total. The van der Waals surface area contributed by atoms with Crippen molar-refractivity contribution in [2.45, 2.75) is 6.42 Å². The van der Waals surface area contributed by atoms with Crippen LogP contribution in [0.15, 0.2) is 35.9 Å². The molecule has 0 radical (unpaired) electrons. The van der Waals surface area contributed by atoms with E-state index in [1.807, 2.05) is 33.1 Å². The molecule has 78 valence electrons. The summed E-state index contributed by atoms with van der Waals surface area (Å²) in [5.74, 6) is 0. The van der Waals surface area contributed by atoms with E-state index < -0.39 is 0 Å². The Labute approximate surface area is 86.4 Å². The van der Waals surface area contributed by atoms with E-state index in [9.17, 15) is 0 Å². The van der Waals surface area contributed by atoms with Gasteiger partial charge in [0.15, 0.2) is 0 Å². The summed E-state index contributed by atoms with van der Waals surface area (Å²) in [6.07, 6.45) is 9.42. The maximum absolute atomic E-state index is 3.37. The lowest BCUT2D eigenvalue weighted by atomic mass is 10.2. The Morgan fingerprint density at radius 1 is 1.14 bits per heavy atom. The van der Waals surface area contributed by atoms with Crippen molar-refractivity contribution in [1.29, 1.82) is 0 Å². The molecule has 0 aliphatic carbocycles. The molecule has 1 heterocycles. The molecule has 14 heavy (non-hydrogen) atoms. The molecule has 3 nitrogen and oxygen atoms in total. The van der Waals surface area contributed by atoms with E-state index in [1.54, 1.807) is 0 Å². The topological polar surface area (TPSA) is 18.5 Å². The zero-order chi connectivity index (χ0) is 10.6. The Morgan fingerprint density at radius 3 is 2.36 bits per heavy atom. The third-order valence-electron chi connectivity index (χ3n) is 1.75. The predicted molar refractivity (Wildman–Crippen MR) is 60.4 cm³/mol. The normalized spacial score (nSPS) is 21.1. The summed E-state index contributed by atoms with van der Waals surface area (Å²) >= 11 is 0. The van der Waals surface area contributed by atoms with Crippen molar-refractivity contribution in [3.05, 3.63) is 35.9 Å². The first-order valence-electron chi connectivity index (χ1n) is 4.77. The van der Waals surface area contributed by atoms with Gasteiger partial charge in [0.25, 0.3) is 0 Å². The third kappa shape index (κ3) is 3.56. The fraction of sp³-hybridized carbons (Fsp3) is 0.455. The number of rotatable bonds is 2. The third-order valence-corrected chi connectivity index (χ3v) is 1.75. The summed E-state index contributed by atoms with van der Waals surface area (Å²) in [6.45, 7) is 0. The van der Waals surface area contributed by atoms with Crippen molar-refractivity contribution in [2.24, 2.45) is 0 Å². The number of hydrogen-bond acceptors (Lipinski definition) is 3. The van der Waals surface area contributed by atoms with Gasteiger partial charge in [-0.1, -0.05) is 6.08 Å². The van der Waals surface area contributed by atoms with Crippen LogP contribution >= 0.6 is 0 Å². The molecule has 3 heteroatoms. The van der Waals surface area contributed by atoms with Crippen LogP contribution in [-0.2, 0) is 0 Å². The summed E-state index contributed by atoms with van der Waals surface area (Å²) in [5.41, 5.74) is 2.36. The molecule has 0 spiro atoms. The summed E-state index contributed by atoms with van der Waals surface area (Å²) < 4.78 is 0. The van der Waals surface area contributed by atoms with Gasteiger partial charge in [-0.25, -0.2) is 0 Å². The molecule has 0 saturated heterocycles. The fourth-order valence-electron chi connectivity index (χ4n) is 1.34. The minimum Gasteiger partial charge on any atom is -0.382 e. The number of hydrogen-bond donors (Lipinski definition) is 1. The molecule has 1 aliphatic heterocycles. The van der Waals surface area contributed by atoms with Crippen LogP contribution in [0.1, 0.15) is 6.42 Å². The first-order chi connectivity index (χ1) is 6.58. The van der Waals surface area contributed by atoms with E-state index in [4.69, 9.17) is 0 Å². The van der Waals surface area contributed by atoms with Crippen LogP contribution in [-0.4, -0.2) is 38.0 Å². The second-order valence-electron chi connectivity index (χ2n) is 3.90. The van der Waals surface area contributed by atoms with Gasteiger partial charge in [-0.05, 0) is 6.08 Å². The van der Waals surface area contributed by atoms with Crippen molar-refractivity contribution in [2.75, 3.05) is 28.2 Å². The standard InChI is InChI=1S/C11H19N3/c1-13(2)8-10-6-5-7-11(12-10)9-14(3)4/h5-6,8-9,12H,7H2,1-4H3. The SMILES string of the molecule is CN(C)C=C1C=CCC(=CN(C)C)N1. The van der Waals surface area contributed by atoms with Gasteiger partial charge in [-0.15, -0.1) is 0 Å². The van der Waals surface area contributed by atoms with E-state index in [0.29, 0.717) is 0 Å². The minimum absolute atomic E-state index is 0.975. The van der Waals surface area contributed by atoms with E-state index in [2.05, 4.69) is 34.8 Å². The van der Waals surface area contributed by atoms with Crippen molar-refractivity contribution >= 4 is 0 Å². The van der Waals surface area contributed by atoms with Gasteiger partial charge in [0.1, 0.15) is 0 Å². The molecule has 1 rings (SSSR count). The minimum atomic E-state index is 0.975. The van der Waals surface area contributed by atoms with Gasteiger partial charge in [-0.3, -0.25) is 0 Å². The van der Waals surface area contributed by atoms with Crippen LogP contribution in [0.4, 0.5) is 0 Å². The van der Waals surface area contributed by atoms with E-state index in [1.165, 1.54) is 5.70 Å². The number of allylic oxidation sites excluding steroid dienone is 2. The van der Waals surface area contributed by atoms with Crippen molar-refractivity contribution < 1.29 is 0 Å². The van der Waals surface area contributed by atoms with Crippen molar-refractivity contribution in [3.63, 3.8) is 0 Å². The molecule has 0 fully saturated rings. The fourth-order valence-corrected chi connectivity index (χ4v) is 1.34. The maximum Gasteiger partial charge on any atom is 0.0540 e. The van der Waals surface area contributed by atoms with Crippen LogP contribution in [0, 0.1) is 0 Å². The maximum atomic E-state index is 3.37. The molecular formula is C11H19N3. The highest BCUT2D eigenvalue weighted by Gasteiger charge is 2.03. The lowest BCUT2D eigenvalue weighted by Gasteiger charge is -2.19. The zero-order valence-corrected chi connectivity index (χ0v) is 9.41.